The lowest BCUT2D eigenvalue weighted by Gasteiger charge is -2.25. The molecule has 1 aromatic carbocycles. The van der Waals surface area contributed by atoms with E-state index in [1.807, 2.05) is 30.3 Å². The predicted molar refractivity (Wildman–Crippen MR) is 63.4 cm³/mol. The Morgan fingerprint density at radius 1 is 1.29 bits per heavy atom. The van der Waals surface area contributed by atoms with Crippen LogP contribution in [0.4, 0.5) is 0 Å². The first kappa shape index (κ1) is 12.0. The van der Waals surface area contributed by atoms with Crippen molar-refractivity contribution in [1.82, 2.24) is 0 Å². The zero-order valence-electron chi connectivity index (χ0n) is 9.67. The minimum absolute atomic E-state index is 0.0307. The maximum absolute atomic E-state index is 11.4. The van der Waals surface area contributed by atoms with E-state index in [9.17, 15) is 9.59 Å². The van der Waals surface area contributed by atoms with Crippen molar-refractivity contribution in [3.63, 3.8) is 0 Å². The molecule has 0 radical (unpaired) electrons. The summed E-state index contributed by atoms with van der Waals surface area (Å²) in [6.07, 6.45) is 2.51. The fourth-order valence-corrected chi connectivity index (χ4v) is 2.09. The Labute approximate surface area is 101 Å². The van der Waals surface area contributed by atoms with Gasteiger partial charge in [-0.3, -0.25) is 4.79 Å². The number of carbonyl (C=O) groups is 2. The maximum atomic E-state index is 11.4. The summed E-state index contributed by atoms with van der Waals surface area (Å²) in [5.74, 6) is -0.399. The number of benzene rings is 1. The van der Waals surface area contributed by atoms with Gasteiger partial charge in [0.25, 0.3) is 0 Å². The molecule has 2 atom stereocenters. The van der Waals surface area contributed by atoms with Gasteiger partial charge < -0.3 is 9.53 Å². The second kappa shape index (κ2) is 5.73. The van der Waals surface area contributed by atoms with Gasteiger partial charge in [0, 0.05) is 6.42 Å². The van der Waals surface area contributed by atoms with Crippen molar-refractivity contribution in [2.45, 2.75) is 32.0 Å². The third-order valence-corrected chi connectivity index (χ3v) is 3.14. The van der Waals surface area contributed by atoms with E-state index in [0.717, 1.165) is 18.3 Å². The Morgan fingerprint density at radius 3 is 2.76 bits per heavy atom. The van der Waals surface area contributed by atoms with Crippen LogP contribution in [-0.4, -0.2) is 18.2 Å². The van der Waals surface area contributed by atoms with E-state index in [2.05, 4.69) is 0 Å². The highest BCUT2D eigenvalue weighted by atomic mass is 16.5. The lowest BCUT2D eigenvalue weighted by molar-refractivity contribution is -0.133. The fraction of sp³-hybridized carbons (Fsp3) is 0.429. The molecular formula is C14H16O3. The van der Waals surface area contributed by atoms with Crippen LogP contribution in [0.5, 0.6) is 0 Å². The number of hydrogen-bond donors (Lipinski definition) is 0. The highest BCUT2D eigenvalue weighted by Gasteiger charge is 2.28. The molecular weight excluding hydrogens is 216 g/mol. The minimum Gasteiger partial charge on any atom is -0.373 e. The van der Waals surface area contributed by atoms with E-state index in [-0.39, 0.29) is 11.9 Å². The summed E-state index contributed by atoms with van der Waals surface area (Å²) in [4.78, 5) is 22.1. The van der Waals surface area contributed by atoms with Crippen LogP contribution < -0.4 is 0 Å². The van der Waals surface area contributed by atoms with Crippen molar-refractivity contribution in [1.29, 1.82) is 0 Å². The molecule has 1 aliphatic carbocycles. The number of rotatable bonds is 4. The molecule has 1 aromatic rings. The summed E-state index contributed by atoms with van der Waals surface area (Å²) >= 11 is 0. The van der Waals surface area contributed by atoms with E-state index in [0.29, 0.717) is 19.4 Å². The van der Waals surface area contributed by atoms with Crippen LogP contribution in [-0.2, 0) is 20.9 Å². The van der Waals surface area contributed by atoms with E-state index < -0.39 is 5.92 Å². The highest BCUT2D eigenvalue weighted by molar-refractivity contribution is 5.93. The molecule has 3 nitrogen and oxygen atoms in total. The van der Waals surface area contributed by atoms with E-state index >= 15 is 0 Å². The van der Waals surface area contributed by atoms with Crippen molar-refractivity contribution in [3.05, 3.63) is 35.9 Å². The standard InChI is InChI=1S/C14H16O3/c15-9-12-8-13(6-7-14(12)16)17-10-11-4-2-1-3-5-11/h1-5,9,12-13H,6-8,10H2. The number of carbonyl (C=O) groups excluding carboxylic acids is 2. The van der Waals surface area contributed by atoms with Gasteiger partial charge in [-0.1, -0.05) is 30.3 Å². The summed E-state index contributed by atoms with van der Waals surface area (Å²) in [5, 5.41) is 0. The Morgan fingerprint density at radius 2 is 2.06 bits per heavy atom. The molecule has 0 aliphatic heterocycles. The summed E-state index contributed by atoms with van der Waals surface area (Å²) in [6.45, 7) is 0.547. The average Bonchev–Trinajstić information content (AvgIpc) is 2.39. The Bertz CT molecular complexity index is 386. The third-order valence-electron chi connectivity index (χ3n) is 3.14. The average molecular weight is 232 g/mol. The smallest absolute Gasteiger partial charge is 0.143 e. The molecule has 0 heterocycles. The first-order valence-corrected chi connectivity index (χ1v) is 5.93. The van der Waals surface area contributed by atoms with Crippen molar-refractivity contribution in [2.75, 3.05) is 0 Å². The van der Waals surface area contributed by atoms with Crippen LogP contribution in [0.25, 0.3) is 0 Å². The molecule has 0 bridgehead atoms. The summed E-state index contributed by atoms with van der Waals surface area (Å²) in [6, 6.07) is 9.91. The van der Waals surface area contributed by atoms with Crippen LogP contribution in [0.3, 0.4) is 0 Å². The Hall–Kier alpha value is -1.48. The van der Waals surface area contributed by atoms with Crippen LogP contribution in [0, 0.1) is 5.92 Å². The lowest BCUT2D eigenvalue weighted by Crippen LogP contribution is -2.30. The molecule has 0 saturated heterocycles. The fourth-order valence-electron chi connectivity index (χ4n) is 2.09. The Balaban J connectivity index is 1.84. The van der Waals surface area contributed by atoms with Gasteiger partial charge in [0.1, 0.15) is 12.1 Å². The molecule has 0 amide bonds. The molecule has 90 valence electrons. The number of Topliss-reactive ketones (excluding diaryl/α,β-unsaturated/α-hetero) is 1. The van der Waals surface area contributed by atoms with Crippen molar-refractivity contribution in [3.8, 4) is 0 Å². The zero-order valence-corrected chi connectivity index (χ0v) is 9.67. The van der Waals surface area contributed by atoms with Crippen LogP contribution in [0.1, 0.15) is 24.8 Å². The van der Waals surface area contributed by atoms with Gasteiger partial charge in [0.2, 0.25) is 0 Å². The van der Waals surface area contributed by atoms with E-state index in [1.54, 1.807) is 0 Å². The topological polar surface area (TPSA) is 43.4 Å². The zero-order chi connectivity index (χ0) is 12.1. The molecule has 2 rings (SSSR count). The molecule has 0 spiro atoms. The molecule has 3 heteroatoms. The molecule has 1 saturated carbocycles. The maximum Gasteiger partial charge on any atom is 0.143 e. The first-order chi connectivity index (χ1) is 8.29. The predicted octanol–water partition coefficient (Wildman–Crippen LogP) is 2.14. The van der Waals surface area contributed by atoms with Gasteiger partial charge >= 0.3 is 0 Å². The van der Waals surface area contributed by atoms with Crippen molar-refractivity contribution >= 4 is 12.1 Å². The SMILES string of the molecule is O=CC1CC(OCc2ccccc2)CCC1=O. The summed E-state index contributed by atoms with van der Waals surface area (Å²) in [7, 11) is 0. The monoisotopic (exact) mass is 232 g/mol. The second-order valence-corrected chi connectivity index (χ2v) is 4.40. The number of hydrogen-bond acceptors (Lipinski definition) is 3. The van der Waals surface area contributed by atoms with Crippen molar-refractivity contribution < 1.29 is 14.3 Å². The van der Waals surface area contributed by atoms with Gasteiger partial charge in [-0.25, -0.2) is 0 Å². The van der Waals surface area contributed by atoms with Gasteiger partial charge in [0.05, 0.1) is 18.6 Å². The van der Waals surface area contributed by atoms with Crippen LogP contribution >= 0.6 is 0 Å². The quantitative estimate of drug-likeness (QED) is 0.590. The Kier molecular flexibility index (Phi) is 4.04. The largest absolute Gasteiger partial charge is 0.373 e. The molecule has 0 N–H and O–H groups in total. The molecule has 1 aliphatic rings. The molecule has 0 aromatic heterocycles. The minimum atomic E-state index is -0.454. The molecule has 17 heavy (non-hydrogen) atoms. The van der Waals surface area contributed by atoms with Crippen LogP contribution in [0.2, 0.25) is 0 Å². The van der Waals surface area contributed by atoms with E-state index in [1.165, 1.54) is 0 Å². The van der Waals surface area contributed by atoms with Gasteiger partial charge in [-0.2, -0.15) is 0 Å². The second-order valence-electron chi connectivity index (χ2n) is 4.40. The number of ether oxygens (including phenoxy) is 1. The van der Waals surface area contributed by atoms with E-state index in [4.69, 9.17) is 4.74 Å². The highest BCUT2D eigenvalue weighted by Crippen LogP contribution is 2.23. The van der Waals surface area contributed by atoms with Gasteiger partial charge in [-0.15, -0.1) is 0 Å². The molecule has 1 fully saturated rings. The normalized spacial score (nSPS) is 24.6. The lowest BCUT2D eigenvalue weighted by atomic mass is 9.87. The van der Waals surface area contributed by atoms with Crippen LogP contribution in [0.15, 0.2) is 30.3 Å². The van der Waals surface area contributed by atoms with Gasteiger partial charge in [0.15, 0.2) is 0 Å². The van der Waals surface area contributed by atoms with Gasteiger partial charge in [-0.05, 0) is 18.4 Å². The first-order valence-electron chi connectivity index (χ1n) is 5.93. The third kappa shape index (κ3) is 3.24. The number of aldehydes is 1. The van der Waals surface area contributed by atoms with Crippen molar-refractivity contribution in [2.24, 2.45) is 5.92 Å². The summed E-state index contributed by atoms with van der Waals surface area (Å²) in [5.41, 5.74) is 1.12. The summed E-state index contributed by atoms with van der Waals surface area (Å²) < 4.78 is 5.74. The molecule has 2 unspecified atom stereocenters. The number of ketones is 1.